The van der Waals surface area contributed by atoms with Gasteiger partial charge in [-0.15, -0.1) is 0 Å². The smallest absolute Gasteiger partial charge is 0.330 e. The fourth-order valence-electron chi connectivity index (χ4n) is 1.23. The summed E-state index contributed by atoms with van der Waals surface area (Å²) in [6.07, 6.45) is 1.71. The highest BCUT2D eigenvalue weighted by atomic mass is 32.1. The van der Waals surface area contributed by atoms with Crippen molar-refractivity contribution in [1.82, 2.24) is 5.32 Å². The summed E-state index contributed by atoms with van der Waals surface area (Å²) in [4.78, 5) is 22.6. The van der Waals surface area contributed by atoms with Gasteiger partial charge < -0.3 is 10.1 Å². The first-order valence-electron chi connectivity index (χ1n) is 4.75. The molecular formula is C9H15NO3S. The third kappa shape index (κ3) is 2.99. The van der Waals surface area contributed by atoms with Gasteiger partial charge in [0.1, 0.15) is 6.04 Å². The molecule has 80 valence electrons. The summed E-state index contributed by atoms with van der Waals surface area (Å²) < 4.78 is 4.70. The Kier molecular flexibility index (Phi) is 4.41. The van der Waals surface area contributed by atoms with Crippen LogP contribution in [0, 0.1) is 5.92 Å². The molecule has 1 aliphatic rings. The molecule has 1 rings (SSSR count). The number of thiol groups is 1. The molecule has 0 radical (unpaired) electrons. The maximum absolute atomic E-state index is 11.3. The van der Waals surface area contributed by atoms with E-state index in [9.17, 15) is 9.59 Å². The van der Waals surface area contributed by atoms with Crippen molar-refractivity contribution >= 4 is 24.6 Å². The second-order valence-electron chi connectivity index (χ2n) is 3.47. The van der Waals surface area contributed by atoms with Gasteiger partial charge >= 0.3 is 11.9 Å². The van der Waals surface area contributed by atoms with Gasteiger partial charge in [-0.05, 0) is 19.4 Å². The van der Waals surface area contributed by atoms with E-state index < -0.39 is 11.9 Å². The van der Waals surface area contributed by atoms with Crippen LogP contribution in [0.25, 0.3) is 0 Å². The molecule has 0 spiro atoms. The van der Waals surface area contributed by atoms with Gasteiger partial charge in [0.15, 0.2) is 0 Å². The maximum Gasteiger partial charge on any atom is 0.330 e. The third-order valence-corrected chi connectivity index (χ3v) is 2.77. The molecule has 0 aliphatic carbocycles. The number of esters is 2. The van der Waals surface area contributed by atoms with Gasteiger partial charge in [0.25, 0.3) is 0 Å². The third-order valence-electron chi connectivity index (χ3n) is 2.22. The van der Waals surface area contributed by atoms with Crippen molar-refractivity contribution in [2.24, 2.45) is 5.92 Å². The minimum atomic E-state index is -0.487. The Morgan fingerprint density at radius 1 is 1.64 bits per heavy atom. The average molecular weight is 217 g/mol. The van der Waals surface area contributed by atoms with E-state index in [1.54, 1.807) is 6.92 Å². The van der Waals surface area contributed by atoms with E-state index in [2.05, 4.69) is 17.9 Å². The van der Waals surface area contributed by atoms with Crippen molar-refractivity contribution in [2.75, 3.05) is 12.3 Å². The zero-order valence-electron chi connectivity index (χ0n) is 8.16. The molecule has 14 heavy (non-hydrogen) atoms. The summed E-state index contributed by atoms with van der Waals surface area (Å²) in [5.41, 5.74) is 0. The van der Waals surface area contributed by atoms with E-state index in [1.165, 1.54) is 0 Å². The second kappa shape index (κ2) is 5.36. The fraction of sp³-hybridized carbons (Fsp3) is 0.778. The van der Waals surface area contributed by atoms with Gasteiger partial charge in [-0.3, -0.25) is 4.79 Å². The van der Waals surface area contributed by atoms with Crippen LogP contribution < -0.4 is 5.32 Å². The molecule has 4 nitrogen and oxygen atoms in total. The summed E-state index contributed by atoms with van der Waals surface area (Å²) in [5, 5.41) is 2.97. The van der Waals surface area contributed by atoms with E-state index in [-0.39, 0.29) is 12.0 Å². The Balaban J connectivity index is 2.35. The lowest BCUT2D eigenvalue weighted by Crippen LogP contribution is -2.35. The van der Waals surface area contributed by atoms with Gasteiger partial charge in [0.2, 0.25) is 0 Å². The summed E-state index contributed by atoms with van der Waals surface area (Å²) >= 11 is 3.96. The van der Waals surface area contributed by atoms with E-state index in [1.807, 2.05) is 0 Å². The van der Waals surface area contributed by atoms with Crippen LogP contribution in [0.15, 0.2) is 0 Å². The first-order valence-corrected chi connectivity index (χ1v) is 5.38. The summed E-state index contributed by atoms with van der Waals surface area (Å²) in [7, 11) is 0. The Morgan fingerprint density at radius 3 is 2.86 bits per heavy atom. The lowest BCUT2D eigenvalue weighted by atomic mass is 10.2. The van der Waals surface area contributed by atoms with Gasteiger partial charge in [-0.25, -0.2) is 4.79 Å². The van der Waals surface area contributed by atoms with Crippen LogP contribution in [-0.2, 0) is 14.3 Å². The zero-order valence-corrected chi connectivity index (χ0v) is 9.05. The van der Waals surface area contributed by atoms with Crippen molar-refractivity contribution in [1.29, 1.82) is 0 Å². The largest absolute Gasteiger partial charge is 0.392 e. The number of hydrogen-bond donors (Lipinski definition) is 2. The van der Waals surface area contributed by atoms with Crippen molar-refractivity contribution in [3.8, 4) is 0 Å². The van der Waals surface area contributed by atoms with Crippen molar-refractivity contribution in [3.63, 3.8) is 0 Å². The highest BCUT2D eigenvalue weighted by Crippen LogP contribution is 2.08. The molecule has 0 amide bonds. The molecule has 5 heteroatoms. The molecule has 1 heterocycles. The molecule has 0 bridgehead atoms. The lowest BCUT2D eigenvalue weighted by Gasteiger charge is -2.11. The molecule has 1 aliphatic heterocycles. The molecule has 0 aromatic rings. The normalized spacial score (nSPS) is 23.1. The number of carbonyl (C=O) groups is 2. The number of rotatable bonds is 3. The molecule has 1 saturated heterocycles. The van der Waals surface area contributed by atoms with Crippen LogP contribution in [0.2, 0.25) is 0 Å². The van der Waals surface area contributed by atoms with Crippen LogP contribution >= 0.6 is 12.6 Å². The number of ether oxygens (including phenoxy) is 1. The first-order chi connectivity index (χ1) is 6.65. The quantitative estimate of drug-likeness (QED) is 0.407. The predicted molar refractivity (Wildman–Crippen MR) is 55.1 cm³/mol. The Hall–Kier alpha value is -0.550. The van der Waals surface area contributed by atoms with E-state index in [0.717, 1.165) is 19.4 Å². The molecular weight excluding hydrogens is 202 g/mol. The summed E-state index contributed by atoms with van der Waals surface area (Å²) in [5.74, 6) is -0.881. The molecule has 0 aromatic carbocycles. The minimum absolute atomic E-state index is 0.300. The average Bonchev–Trinajstić information content (AvgIpc) is 2.69. The van der Waals surface area contributed by atoms with E-state index >= 15 is 0 Å². The number of nitrogens with one attached hydrogen (secondary N) is 1. The Morgan fingerprint density at radius 2 is 2.36 bits per heavy atom. The van der Waals surface area contributed by atoms with Crippen LogP contribution in [0.5, 0.6) is 0 Å². The summed E-state index contributed by atoms with van der Waals surface area (Å²) in [6, 6.07) is -0.300. The molecule has 1 fully saturated rings. The van der Waals surface area contributed by atoms with E-state index in [4.69, 9.17) is 4.74 Å². The molecule has 1 unspecified atom stereocenters. The van der Waals surface area contributed by atoms with Gasteiger partial charge in [0, 0.05) is 5.75 Å². The lowest BCUT2D eigenvalue weighted by molar-refractivity contribution is -0.163. The SMILES string of the molecule is CC(CS)C(=O)OC(=O)[C@H]1CCCN1. The molecule has 0 aromatic heterocycles. The molecule has 2 atom stereocenters. The number of hydrogen-bond acceptors (Lipinski definition) is 5. The van der Waals surface area contributed by atoms with Crippen LogP contribution in [-0.4, -0.2) is 30.3 Å². The monoisotopic (exact) mass is 217 g/mol. The fourth-order valence-corrected chi connectivity index (χ4v) is 1.38. The standard InChI is InChI=1S/C9H15NO3S/c1-6(5-14)8(11)13-9(12)7-3-2-4-10-7/h6-7,10,14H,2-5H2,1H3/t6?,7-/m1/s1. The van der Waals surface area contributed by atoms with Gasteiger partial charge in [0.05, 0.1) is 5.92 Å². The van der Waals surface area contributed by atoms with Crippen molar-refractivity contribution < 1.29 is 14.3 Å². The molecule has 1 N–H and O–H groups in total. The summed E-state index contributed by atoms with van der Waals surface area (Å²) in [6.45, 7) is 2.50. The minimum Gasteiger partial charge on any atom is -0.392 e. The van der Waals surface area contributed by atoms with Gasteiger partial charge in [-0.1, -0.05) is 6.92 Å². The maximum atomic E-state index is 11.3. The highest BCUT2D eigenvalue weighted by Gasteiger charge is 2.26. The highest BCUT2D eigenvalue weighted by molar-refractivity contribution is 7.80. The molecule has 0 saturated carbocycles. The van der Waals surface area contributed by atoms with E-state index in [0.29, 0.717) is 5.75 Å². The van der Waals surface area contributed by atoms with Gasteiger partial charge in [-0.2, -0.15) is 12.6 Å². The van der Waals surface area contributed by atoms with Crippen molar-refractivity contribution in [2.45, 2.75) is 25.8 Å². The van der Waals surface area contributed by atoms with Crippen LogP contribution in [0.4, 0.5) is 0 Å². The topological polar surface area (TPSA) is 55.4 Å². The number of carbonyl (C=O) groups excluding carboxylic acids is 2. The van der Waals surface area contributed by atoms with Crippen LogP contribution in [0.1, 0.15) is 19.8 Å². The zero-order chi connectivity index (χ0) is 10.6. The van der Waals surface area contributed by atoms with Crippen molar-refractivity contribution in [3.05, 3.63) is 0 Å². The second-order valence-corrected chi connectivity index (χ2v) is 3.84. The van der Waals surface area contributed by atoms with Crippen LogP contribution in [0.3, 0.4) is 0 Å². The predicted octanol–water partition coefficient (Wildman–Crippen LogP) is 0.374. The Bertz CT molecular complexity index is 226. The first kappa shape index (κ1) is 11.5. The Labute approximate surface area is 88.8 Å².